The number of anilines is 2. The van der Waals surface area contributed by atoms with Gasteiger partial charge in [0.1, 0.15) is 0 Å². The summed E-state index contributed by atoms with van der Waals surface area (Å²) in [6.07, 6.45) is 3.08. The molecule has 0 saturated carbocycles. The molecular weight excluding hydrogens is 258 g/mol. The second-order valence-electron chi connectivity index (χ2n) is 3.57. The molecule has 0 radical (unpaired) electrons. The molecule has 1 aromatic carbocycles. The number of rotatable bonds is 6. The molecule has 0 aromatic heterocycles. The molecule has 0 saturated heterocycles. The minimum atomic E-state index is -3.68. The zero-order valence-corrected chi connectivity index (χ0v) is 11.3. The van der Waals surface area contributed by atoms with Gasteiger partial charge in [-0.05, 0) is 36.6 Å². The van der Waals surface area contributed by atoms with E-state index in [4.69, 9.17) is 10.9 Å². The second kappa shape index (κ2) is 6.13. The van der Waals surface area contributed by atoms with Gasteiger partial charge >= 0.3 is 0 Å². The topological polar surface area (TPSA) is 98.2 Å². The van der Waals surface area contributed by atoms with Gasteiger partial charge in [-0.2, -0.15) is 11.8 Å². The number of nitrogens with two attached hydrogens (primary N) is 2. The van der Waals surface area contributed by atoms with E-state index < -0.39 is 10.0 Å². The Morgan fingerprint density at radius 1 is 1.41 bits per heavy atom. The van der Waals surface area contributed by atoms with Crippen molar-refractivity contribution in [1.29, 1.82) is 0 Å². The van der Waals surface area contributed by atoms with Crippen molar-refractivity contribution in [3.8, 4) is 0 Å². The maximum atomic E-state index is 11.1. The van der Waals surface area contributed by atoms with Gasteiger partial charge in [-0.15, -0.1) is 0 Å². The van der Waals surface area contributed by atoms with Crippen LogP contribution in [0, 0.1) is 0 Å². The summed E-state index contributed by atoms with van der Waals surface area (Å²) < 4.78 is 22.2. The molecule has 0 aliphatic rings. The SMILES string of the molecule is CSCCCNc1ccc(S(N)(=O)=O)cc1N. The van der Waals surface area contributed by atoms with E-state index in [0.29, 0.717) is 5.69 Å². The molecule has 0 bridgehead atoms. The Bertz CT molecular complexity index is 474. The Balaban J connectivity index is 2.70. The van der Waals surface area contributed by atoms with Crippen molar-refractivity contribution in [2.75, 3.05) is 29.6 Å². The quantitative estimate of drug-likeness (QED) is 0.533. The van der Waals surface area contributed by atoms with Gasteiger partial charge in [-0.3, -0.25) is 0 Å². The summed E-state index contributed by atoms with van der Waals surface area (Å²) in [5.41, 5.74) is 6.87. The molecule has 0 spiro atoms. The van der Waals surface area contributed by atoms with Crippen LogP contribution in [0.25, 0.3) is 0 Å². The molecule has 17 heavy (non-hydrogen) atoms. The Labute approximate surface area is 106 Å². The summed E-state index contributed by atoms with van der Waals surface area (Å²) in [6, 6.07) is 4.45. The third-order valence-corrected chi connectivity index (χ3v) is 3.80. The van der Waals surface area contributed by atoms with Crippen molar-refractivity contribution in [2.24, 2.45) is 5.14 Å². The first-order valence-electron chi connectivity index (χ1n) is 5.10. The Morgan fingerprint density at radius 2 is 2.12 bits per heavy atom. The van der Waals surface area contributed by atoms with Gasteiger partial charge in [0, 0.05) is 6.54 Å². The van der Waals surface area contributed by atoms with E-state index in [1.165, 1.54) is 12.1 Å². The number of sulfonamides is 1. The molecule has 0 aliphatic carbocycles. The Kier molecular flexibility index (Phi) is 5.10. The largest absolute Gasteiger partial charge is 0.397 e. The van der Waals surface area contributed by atoms with Crippen molar-refractivity contribution in [2.45, 2.75) is 11.3 Å². The van der Waals surface area contributed by atoms with E-state index in [2.05, 4.69) is 11.6 Å². The van der Waals surface area contributed by atoms with Gasteiger partial charge in [0.2, 0.25) is 10.0 Å². The molecule has 0 amide bonds. The van der Waals surface area contributed by atoms with Crippen LogP contribution in [-0.4, -0.2) is 27.0 Å². The molecule has 0 fully saturated rings. The number of thioether (sulfide) groups is 1. The van der Waals surface area contributed by atoms with Gasteiger partial charge in [-0.25, -0.2) is 13.6 Å². The van der Waals surface area contributed by atoms with Crippen LogP contribution in [0.4, 0.5) is 11.4 Å². The first kappa shape index (κ1) is 14.1. The maximum absolute atomic E-state index is 11.1. The van der Waals surface area contributed by atoms with Gasteiger partial charge in [0.05, 0.1) is 16.3 Å². The molecule has 0 aliphatic heterocycles. The van der Waals surface area contributed by atoms with Gasteiger partial charge in [0.25, 0.3) is 0 Å². The summed E-state index contributed by atoms with van der Waals surface area (Å²) in [4.78, 5) is 0.0321. The van der Waals surface area contributed by atoms with Crippen LogP contribution in [-0.2, 0) is 10.0 Å². The van der Waals surface area contributed by atoms with Gasteiger partial charge in [0.15, 0.2) is 0 Å². The first-order valence-corrected chi connectivity index (χ1v) is 8.04. The van der Waals surface area contributed by atoms with Crippen molar-refractivity contribution in [3.05, 3.63) is 18.2 Å². The monoisotopic (exact) mass is 275 g/mol. The Morgan fingerprint density at radius 3 is 2.65 bits per heavy atom. The number of benzene rings is 1. The van der Waals surface area contributed by atoms with Crippen LogP contribution >= 0.6 is 11.8 Å². The lowest BCUT2D eigenvalue weighted by Gasteiger charge is -2.09. The van der Waals surface area contributed by atoms with E-state index in [1.807, 2.05) is 0 Å². The van der Waals surface area contributed by atoms with Crippen molar-refractivity contribution >= 4 is 33.2 Å². The van der Waals surface area contributed by atoms with Crippen LogP contribution in [0.15, 0.2) is 23.1 Å². The van der Waals surface area contributed by atoms with Crippen molar-refractivity contribution in [3.63, 3.8) is 0 Å². The lowest BCUT2D eigenvalue weighted by molar-refractivity contribution is 0.598. The number of hydrogen-bond acceptors (Lipinski definition) is 5. The summed E-state index contributed by atoms with van der Waals surface area (Å²) in [6.45, 7) is 0.805. The normalized spacial score (nSPS) is 11.4. The molecule has 96 valence electrons. The number of nitrogens with one attached hydrogen (secondary N) is 1. The number of primary sulfonamides is 1. The average Bonchev–Trinajstić information content (AvgIpc) is 2.24. The zero-order chi connectivity index (χ0) is 12.9. The number of nitrogen functional groups attached to an aromatic ring is 1. The van der Waals surface area contributed by atoms with E-state index in [0.717, 1.165) is 24.4 Å². The van der Waals surface area contributed by atoms with Crippen LogP contribution in [0.5, 0.6) is 0 Å². The molecule has 5 nitrogen and oxygen atoms in total. The summed E-state index contributed by atoms with van der Waals surface area (Å²) in [5, 5.41) is 8.16. The minimum Gasteiger partial charge on any atom is -0.397 e. The van der Waals surface area contributed by atoms with Gasteiger partial charge in [-0.1, -0.05) is 0 Å². The molecule has 7 heteroatoms. The van der Waals surface area contributed by atoms with E-state index >= 15 is 0 Å². The predicted octanol–water partition coefficient (Wildman–Crippen LogP) is 1.08. The molecular formula is C10H17N3O2S2. The molecule has 5 N–H and O–H groups in total. The fourth-order valence-corrected chi connectivity index (χ4v) is 2.30. The highest BCUT2D eigenvalue weighted by Crippen LogP contribution is 2.21. The summed E-state index contributed by atoms with van der Waals surface area (Å²) in [5.74, 6) is 1.07. The molecule has 0 atom stereocenters. The molecule has 0 heterocycles. The van der Waals surface area contributed by atoms with Crippen molar-refractivity contribution < 1.29 is 8.42 Å². The van der Waals surface area contributed by atoms with Crippen LogP contribution in [0.2, 0.25) is 0 Å². The molecule has 1 rings (SSSR count). The zero-order valence-electron chi connectivity index (χ0n) is 9.64. The maximum Gasteiger partial charge on any atom is 0.238 e. The van der Waals surface area contributed by atoms with Crippen LogP contribution in [0.3, 0.4) is 0 Å². The highest BCUT2D eigenvalue weighted by atomic mass is 32.2. The fraction of sp³-hybridized carbons (Fsp3) is 0.400. The van der Waals surface area contributed by atoms with Crippen molar-refractivity contribution in [1.82, 2.24) is 0 Å². The Hall–Kier alpha value is -0.920. The smallest absolute Gasteiger partial charge is 0.238 e. The lowest BCUT2D eigenvalue weighted by Crippen LogP contribution is -2.13. The van der Waals surface area contributed by atoms with E-state index in [1.54, 1.807) is 17.8 Å². The standard InChI is InChI=1S/C10H17N3O2S2/c1-16-6-2-5-13-10-4-3-8(7-9(10)11)17(12,14)15/h3-4,7,13H,2,5-6,11H2,1H3,(H2,12,14,15). The third-order valence-electron chi connectivity index (χ3n) is 2.19. The lowest BCUT2D eigenvalue weighted by atomic mass is 10.2. The minimum absolute atomic E-state index is 0.0321. The third kappa shape index (κ3) is 4.45. The summed E-state index contributed by atoms with van der Waals surface area (Å²) >= 11 is 1.78. The van der Waals surface area contributed by atoms with E-state index in [9.17, 15) is 8.42 Å². The predicted molar refractivity (Wildman–Crippen MR) is 73.7 cm³/mol. The van der Waals surface area contributed by atoms with E-state index in [-0.39, 0.29) is 4.90 Å². The summed E-state index contributed by atoms with van der Waals surface area (Å²) in [7, 11) is -3.68. The number of hydrogen-bond donors (Lipinski definition) is 3. The fourth-order valence-electron chi connectivity index (χ4n) is 1.32. The second-order valence-corrected chi connectivity index (χ2v) is 6.11. The van der Waals surface area contributed by atoms with Crippen LogP contribution in [0.1, 0.15) is 6.42 Å². The molecule has 0 unspecified atom stereocenters. The highest BCUT2D eigenvalue weighted by Gasteiger charge is 2.09. The average molecular weight is 275 g/mol. The van der Waals surface area contributed by atoms with Crippen LogP contribution < -0.4 is 16.2 Å². The highest BCUT2D eigenvalue weighted by molar-refractivity contribution is 7.98. The first-order chi connectivity index (χ1) is 7.95. The molecule has 1 aromatic rings. The van der Waals surface area contributed by atoms with Gasteiger partial charge < -0.3 is 11.1 Å².